The van der Waals surface area contributed by atoms with E-state index in [0.717, 1.165) is 19.3 Å². The van der Waals surface area contributed by atoms with E-state index in [1.165, 1.54) is 59.2 Å². The molecule has 0 amide bonds. The average molecular weight is 377 g/mol. The van der Waals surface area contributed by atoms with Crippen molar-refractivity contribution in [2.45, 2.75) is 70.6 Å². The summed E-state index contributed by atoms with van der Waals surface area (Å²) in [6.07, 6.45) is 9.37. The number of benzene rings is 3. The van der Waals surface area contributed by atoms with E-state index in [1.54, 1.807) is 0 Å². The maximum absolute atomic E-state index is 10.6. The third-order valence-corrected chi connectivity index (χ3v) is 5.80. The zero-order valence-electron chi connectivity index (χ0n) is 17.0. The molecular weight excluding hydrogens is 344 g/mol. The van der Waals surface area contributed by atoms with Gasteiger partial charge in [0.2, 0.25) is 0 Å². The van der Waals surface area contributed by atoms with Gasteiger partial charge >= 0.3 is 5.97 Å². The molecule has 0 aliphatic rings. The van der Waals surface area contributed by atoms with E-state index >= 15 is 0 Å². The van der Waals surface area contributed by atoms with E-state index in [1.807, 2.05) is 0 Å². The largest absolute Gasteiger partial charge is 0.481 e. The topological polar surface area (TPSA) is 37.3 Å². The van der Waals surface area contributed by atoms with E-state index in [0.29, 0.717) is 12.3 Å². The number of hydrogen-bond donors (Lipinski definition) is 1. The van der Waals surface area contributed by atoms with Gasteiger partial charge in [-0.15, -0.1) is 0 Å². The first-order valence-electron chi connectivity index (χ1n) is 10.8. The molecule has 1 unspecified atom stereocenters. The molecule has 28 heavy (non-hydrogen) atoms. The number of carbonyl (C=O) groups is 1. The average Bonchev–Trinajstić information content (AvgIpc) is 2.70. The van der Waals surface area contributed by atoms with Gasteiger partial charge < -0.3 is 5.11 Å². The fraction of sp³-hybridized carbons (Fsp3) is 0.423. The predicted molar refractivity (Wildman–Crippen MR) is 119 cm³/mol. The van der Waals surface area contributed by atoms with Crippen LogP contribution >= 0.6 is 0 Å². The fourth-order valence-electron chi connectivity index (χ4n) is 4.35. The molecule has 0 saturated heterocycles. The Bertz CT molecular complexity index is 913. The minimum absolute atomic E-state index is 0.308. The van der Waals surface area contributed by atoms with Crippen LogP contribution in [0.15, 0.2) is 54.6 Å². The lowest BCUT2D eigenvalue weighted by atomic mass is 9.85. The van der Waals surface area contributed by atoms with Crippen molar-refractivity contribution in [1.29, 1.82) is 0 Å². The van der Waals surface area contributed by atoms with Crippen molar-refractivity contribution in [3.63, 3.8) is 0 Å². The molecular formula is C26H32O2. The van der Waals surface area contributed by atoms with Gasteiger partial charge in [0.05, 0.1) is 0 Å². The lowest BCUT2D eigenvalue weighted by molar-refractivity contribution is -0.137. The summed E-state index contributed by atoms with van der Waals surface area (Å²) in [4.78, 5) is 10.6. The zero-order valence-corrected chi connectivity index (χ0v) is 17.0. The molecule has 2 nitrogen and oxygen atoms in total. The summed E-state index contributed by atoms with van der Waals surface area (Å²) in [5, 5.41) is 14.1. The Balaban J connectivity index is 1.70. The first kappa shape index (κ1) is 20.4. The Hall–Kier alpha value is -2.35. The lowest BCUT2D eigenvalue weighted by Crippen LogP contribution is -2.00. The van der Waals surface area contributed by atoms with Crippen molar-refractivity contribution in [2.75, 3.05) is 0 Å². The van der Waals surface area contributed by atoms with E-state index in [4.69, 9.17) is 5.11 Å². The molecule has 3 rings (SSSR count). The second-order valence-electron chi connectivity index (χ2n) is 7.95. The highest BCUT2D eigenvalue weighted by molar-refractivity contribution is 5.99. The van der Waals surface area contributed by atoms with Gasteiger partial charge in [-0.25, -0.2) is 0 Å². The van der Waals surface area contributed by atoms with Crippen LogP contribution in [-0.4, -0.2) is 11.1 Å². The molecule has 0 spiro atoms. The van der Waals surface area contributed by atoms with Gasteiger partial charge in [-0.3, -0.25) is 4.79 Å². The van der Waals surface area contributed by atoms with Crippen molar-refractivity contribution in [3.05, 3.63) is 60.2 Å². The molecule has 3 aromatic rings. The number of fused-ring (bicyclic) bond motifs is 2. The van der Waals surface area contributed by atoms with Crippen molar-refractivity contribution in [2.24, 2.45) is 0 Å². The van der Waals surface area contributed by atoms with Gasteiger partial charge in [0.1, 0.15) is 0 Å². The summed E-state index contributed by atoms with van der Waals surface area (Å²) in [7, 11) is 0. The molecule has 0 aliphatic carbocycles. The summed E-state index contributed by atoms with van der Waals surface area (Å²) in [5.74, 6) is -0.0691. The summed E-state index contributed by atoms with van der Waals surface area (Å²) >= 11 is 0. The van der Waals surface area contributed by atoms with E-state index in [-0.39, 0.29) is 0 Å². The van der Waals surface area contributed by atoms with Crippen LogP contribution in [0.4, 0.5) is 0 Å². The van der Waals surface area contributed by atoms with Gasteiger partial charge in [0.25, 0.3) is 0 Å². The Labute approximate surface area is 168 Å². The van der Waals surface area contributed by atoms with Crippen LogP contribution in [0.25, 0.3) is 21.5 Å². The first-order valence-corrected chi connectivity index (χ1v) is 10.8. The number of carboxylic acids is 1. The minimum Gasteiger partial charge on any atom is -0.481 e. The third kappa shape index (κ3) is 5.34. The fourth-order valence-corrected chi connectivity index (χ4v) is 4.35. The van der Waals surface area contributed by atoms with Crippen LogP contribution < -0.4 is 0 Å². The Morgan fingerprint density at radius 3 is 2.25 bits per heavy atom. The van der Waals surface area contributed by atoms with Gasteiger partial charge in [0.15, 0.2) is 0 Å². The van der Waals surface area contributed by atoms with Crippen LogP contribution in [0.1, 0.15) is 76.2 Å². The molecule has 1 N–H and O–H groups in total. The van der Waals surface area contributed by atoms with Crippen LogP contribution in [0, 0.1) is 0 Å². The Kier molecular flexibility index (Phi) is 7.47. The monoisotopic (exact) mass is 376 g/mol. The van der Waals surface area contributed by atoms with Crippen molar-refractivity contribution < 1.29 is 9.90 Å². The number of unbranched alkanes of at least 4 members (excludes halogenated alkanes) is 4. The Morgan fingerprint density at radius 2 is 1.50 bits per heavy atom. The van der Waals surface area contributed by atoms with Crippen LogP contribution in [-0.2, 0) is 4.79 Å². The highest BCUT2D eigenvalue weighted by atomic mass is 16.4. The number of hydrogen-bond acceptors (Lipinski definition) is 1. The summed E-state index contributed by atoms with van der Waals surface area (Å²) in [6, 6.07) is 20.1. The highest BCUT2D eigenvalue weighted by Gasteiger charge is 2.14. The van der Waals surface area contributed by atoms with Gasteiger partial charge in [-0.2, -0.15) is 0 Å². The predicted octanol–water partition coefficient (Wildman–Crippen LogP) is 7.69. The van der Waals surface area contributed by atoms with Crippen LogP contribution in [0.3, 0.4) is 0 Å². The maximum Gasteiger partial charge on any atom is 0.303 e. The molecule has 3 aromatic carbocycles. The zero-order chi connectivity index (χ0) is 19.8. The lowest BCUT2D eigenvalue weighted by Gasteiger charge is -2.19. The minimum atomic E-state index is -0.675. The standard InChI is InChI=1S/C26H32O2/c1-2-11-20(12-6-4-3-5-7-17-26(27)28)24-16-10-15-23-18-21-13-8-9-14-22(21)19-25(23)24/h8-10,13-16,18-20H,2-7,11-12,17H2,1H3,(H,27,28). The second-order valence-corrected chi connectivity index (χ2v) is 7.95. The van der Waals surface area contributed by atoms with Crippen molar-refractivity contribution in [3.8, 4) is 0 Å². The molecule has 1 atom stereocenters. The summed E-state index contributed by atoms with van der Waals surface area (Å²) in [6.45, 7) is 2.28. The molecule has 148 valence electrons. The van der Waals surface area contributed by atoms with E-state index < -0.39 is 5.97 Å². The van der Waals surface area contributed by atoms with E-state index in [9.17, 15) is 4.79 Å². The van der Waals surface area contributed by atoms with E-state index in [2.05, 4.69) is 61.5 Å². The number of aliphatic carboxylic acids is 1. The smallest absolute Gasteiger partial charge is 0.303 e. The van der Waals surface area contributed by atoms with Gasteiger partial charge in [0, 0.05) is 6.42 Å². The van der Waals surface area contributed by atoms with Crippen molar-refractivity contribution in [1.82, 2.24) is 0 Å². The molecule has 2 heteroatoms. The molecule has 0 aliphatic heterocycles. The van der Waals surface area contributed by atoms with Gasteiger partial charge in [-0.05, 0) is 64.4 Å². The quantitative estimate of drug-likeness (QED) is 0.275. The summed E-state index contributed by atoms with van der Waals surface area (Å²) in [5.41, 5.74) is 1.50. The molecule has 0 saturated carbocycles. The normalized spacial score (nSPS) is 12.5. The number of rotatable bonds is 11. The highest BCUT2D eigenvalue weighted by Crippen LogP contribution is 2.34. The molecule has 0 aromatic heterocycles. The SMILES string of the molecule is CCCC(CCCCCCCC(=O)O)c1cccc2cc3ccccc3cc12. The maximum atomic E-state index is 10.6. The molecule has 0 radical (unpaired) electrons. The van der Waals surface area contributed by atoms with Crippen molar-refractivity contribution >= 4 is 27.5 Å². The molecule has 0 heterocycles. The molecule has 0 bridgehead atoms. The van der Waals surface area contributed by atoms with Crippen LogP contribution in [0.2, 0.25) is 0 Å². The van der Waals surface area contributed by atoms with Gasteiger partial charge in [-0.1, -0.05) is 81.5 Å². The first-order chi connectivity index (χ1) is 13.7. The Morgan fingerprint density at radius 1 is 0.821 bits per heavy atom. The van der Waals surface area contributed by atoms with Crippen LogP contribution in [0.5, 0.6) is 0 Å². The molecule has 0 fully saturated rings. The third-order valence-electron chi connectivity index (χ3n) is 5.80. The number of carboxylic acid groups (broad SMARTS) is 1. The summed E-state index contributed by atoms with van der Waals surface area (Å²) < 4.78 is 0. The second kappa shape index (κ2) is 10.3.